The molecule has 0 aliphatic heterocycles. The molecule has 0 fully saturated rings. The van der Waals surface area contributed by atoms with E-state index in [2.05, 4.69) is 69.0 Å². The van der Waals surface area contributed by atoms with E-state index in [4.69, 9.17) is 0 Å². The Morgan fingerprint density at radius 3 is 1.48 bits per heavy atom. The van der Waals surface area contributed by atoms with Crippen LogP contribution in [0.4, 0.5) is 11.4 Å². The minimum Gasteiger partial charge on any atom is -0.388 e. The third kappa shape index (κ3) is 4.12. The van der Waals surface area contributed by atoms with Crippen LogP contribution < -0.4 is 5.32 Å². The molecule has 0 bridgehead atoms. The minimum atomic E-state index is 0.974. The molecular weight excluding hydrogens is 304 g/mol. The Hall–Kier alpha value is -2.09. The van der Waals surface area contributed by atoms with E-state index in [9.17, 15) is 0 Å². The third-order valence-electron chi connectivity index (χ3n) is 5.03. The van der Waals surface area contributed by atoms with Crippen molar-refractivity contribution in [2.24, 2.45) is 4.99 Å². The molecule has 25 heavy (non-hydrogen) atoms. The normalized spacial score (nSPS) is 10.8. The Morgan fingerprint density at radius 1 is 0.760 bits per heavy atom. The highest BCUT2D eigenvalue weighted by Gasteiger charge is 2.11. The quantitative estimate of drug-likeness (QED) is 0.596. The summed E-state index contributed by atoms with van der Waals surface area (Å²) in [6, 6.07) is 9.35. The molecule has 0 aromatic heterocycles. The summed E-state index contributed by atoms with van der Waals surface area (Å²) < 4.78 is 0. The van der Waals surface area contributed by atoms with Crippen molar-refractivity contribution in [1.29, 1.82) is 0 Å². The van der Waals surface area contributed by atoms with Gasteiger partial charge in [0.1, 0.15) is 0 Å². The third-order valence-corrected chi connectivity index (χ3v) is 5.03. The molecular formula is C23H32N2. The first-order chi connectivity index (χ1) is 12.1. The second-order valence-corrected chi connectivity index (χ2v) is 6.55. The van der Waals surface area contributed by atoms with Crippen molar-refractivity contribution in [3.8, 4) is 0 Å². The number of rotatable bonds is 8. The van der Waals surface area contributed by atoms with E-state index < -0.39 is 0 Å². The van der Waals surface area contributed by atoms with Gasteiger partial charge >= 0.3 is 0 Å². The van der Waals surface area contributed by atoms with Crippen LogP contribution in [0, 0.1) is 0 Å². The van der Waals surface area contributed by atoms with Gasteiger partial charge in [-0.3, -0.25) is 4.99 Å². The summed E-state index contributed by atoms with van der Waals surface area (Å²) in [6.45, 7) is 12.6. The number of nitrogens with one attached hydrogen (secondary N) is 1. The van der Waals surface area contributed by atoms with E-state index in [1.807, 2.05) is 7.05 Å². The highest BCUT2D eigenvalue weighted by Crippen LogP contribution is 2.30. The molecule has 2 rings (SSSR count). The van der Waals surface area contributed by atoms with Crippen molar-refractivity contribution in [3.05, 3.63) is 57.6 Å². The van der Waals surface area contributed by atoms with Crippen LogP contribution in [0.5, 0.6) is 0 Å². The largest absolute Gasteiger partial charge is 0.388 e. The fourth-order valence-corrected chi connectivity index (χ4v) is 3.73. The molecule has 0 amide bonds. The summed E-state index contributed by atoms with van der Waals surface area (Å²) in [7, 11) is 2.02. The number of aryl methyl sites for hydroxylation is 4. The maximum atomic E-state index is 4.28. The van der Waals surface area contributed by atoms with E-state index in [-0.39, 0.29) is 0 Å². The van der Waals surface area contributed by atoms with Crippen LogP contribution in [-0.2, 0) is 32.1 Å². The monoisotopic (exact) mass is 336 g/mol. The number of hydrogen-bond acceptors (Lipinski definition) is 2. The van der Waals surface area contributed by atoms with Gasteiger partial charge in [-0.1, -0.05) is 52.0 Å². The molecule has 2 nitrogen and oxygen atoms in total. The smallest absolute Gasteiger partial charge is 0.0686 e. The van der Waals surface area contributed by atoms with E-state index in [1.165, 1.54) is 39.1 Å². The van der Waals surface area contributed by atoms with Crippen LogP contribution in [0.1, 0.15) is 61.1 Å². The first-order valence-electron chi connectivity index (χ1n) is 9.55. The Bertz CT molecular complexity index is 694. The van der Waals surface area contributed by atoms with Gasteiger partial charge in [-0.05, 0) is 72.2 Å². The zero-order valence-electron chi connectivity index (χ0n) is 16.5. The molecule has 0 aliphatic carbocycles. The predicted octanol–water partition coefficient (Wildman–Crippen LogP) is 5.90. The summed E-state index contributed by atoms with van der Waals surface area (Å²) in [6.07, 6.45) is 5.07. The second-order valence-electron chi connectivity index (χ2n) is 6.55. The maximum Gasteiger partial charge on any atom is 0.0686 e. The molecule has 0 spiro atoms. The lowest BCUT2D eigenvalue weighted by molar-refractivity contribution is 1.03. The van der Waals surface area contributed by atoms with Gasteiger partial charge in [-0.25, -0.2) is 0 Å². The number of nitrogens with zero attached hydrogens (tertiary/aromatic N) is 1. The van der Waals surface area contributed by atoms with Crippen LogP contribution in [0.2, 0.25) is 0 Å². The van der Waals surface area contributed by atoms with E-state index in [1.54, 1.807) is 0 Å². The molecule has 2 aromatic carbocycles. The molecule has 0 heterocycles. The lowest BCUT2D eigenvalue weighted by atomic mass is 9.92. The fourth-order valence-electron chi connectivity index (χ4n) is 3.73. The van der Waals surface area contributed by atoms with Gasteiger partial charge in [0.05, 0.1) is 5.69 Å². The summed E-state index contributed by atoms with van der Waals surface area (Å²) in [5.74, 6) is 0. The standard InChI is InChI=1S/C23H32N2/c1-7-18-12-16(13-19(8-2)22(18)24-5)11-17-14-20(9-3)23(25-6)21(10-4)15-17/h12-15,25H,5,7-11H2,1-4,6H3. The fraction of sp³-hybridized carbons (Fsp3) is 0.435. The number of hydrogen-bond donors (Lipinski definition) is 1. The predicted molar refractivity (Wildman–Crippen MR) is 112 cm³/mol. The van der Waals surface area contributed by atoms with Gasteiger partial charge in [0.25, 0.3) is 0 Å². The van der Waals surface area contributed by atoms with Gasteiger partial charge in [-0.2, -0.15) is 0 Å². The lowest BCUT2D eigenvalue weighted by Gasteiger charge is -2.17. The van der Waals surface area contributed by atoms with Crippen molar-refractivity contribution in [2.45, 2.75) is 59.8 Å². The van der Waals surface area contributed by atoms with Gasteiger partial charge < -0.3 is 5.32 Å². The average molecular weight is 337 g/mol. The van der Waals surface area contributed by atoms with Crippen molar-refractivity contribution in [3.63, 3.8) is 0 Å². The Labute approximate surface area is 153 Å². The zero-order chi connectivity index (χ0) is 18.4. The summed E-state index contributed by atoms with van der Waals surface area (Å²) in [5.41, 5.74) is 10.6. The van der Waals surface area contributed by atoms with E-state index >= 15 is 0 Å². The minimum absolute atomic E-state index is 0.974. The van der Waals surface area contributed by atoms with Crippen LogP contribution in [-0.4, -0.2) is 13.8 Å². The summed E-state index contributed by atoms with van der Waals surface area (Å²) >= 11 is 0. The van der Waals surface area contributed by atoms with Crippen LogP contribution >= 0.6 is 0 Å². The molecule has 0 saturated heterocycles. The molecule has 0 unspecified atom stereocenters. The Balaban J connectivity index is 2.47. The number of anilines is 1. The second kappa shape index (κ2) is 8.84. The van der Waals surface area contributed by atoms with E-state index in [0.29, 0.717) is 0 Å². The van der Waals surface area contributed by atoms with Gasteiger partial charge in [0.15, 0.2) is 0 Å². The zero-order valence-corrected chi connectivity index (χ0v) is 16.5. The molecule has 2 aromatic rings. The Morgan fingerprint density at radius 2 is 1.16 bits per heavy atom. The highest BCUT2D eigenvalue weighted by atomic mass is 14.8. The van der Waals surface area contributed by atoms with Crippen LogP contribution in [0.3, 0.4) is 0 Å². The van der Waals surface area contributed by atoms with Crippen molar-refractivity contribution in [2.75, 3.05) is 12.4 Å². The molecule has 134 valence electrons. The molecule has 0 atom stereocenters. The van der Waals surface area contributed by atoms with Crippen molar-refractivity contribution in [1.82, 2.24) is 0 Å². The van der Waals surface area contributed by atoms with Gasteiger partial charge in [-0.15, -0.1) is 0 Å². The van der Waals surface area contributed by atoms with Crippen LogP contribution in [0.15, 0.2) is 29.3 Å². The van der Waals surface area contributed by atoms with Crippen molar-refractivity contribution < 1.29 is 0 Å². The first-order valence-corrected chi connectivity index (χ1v) is 9.55. The highest BCUT2D eigenvalue weighted by molar-refractivity contribution is 5.61. The van der Waals surface area contributed by atoms with E-state index in [0.717, 1.165) is 37.8 Å². The Kier molecular flexibility index (Phi) is 6.81. The molecule has 0 radical (unpaired) electrons. The first kappa shape index (κ1) is 19.2. The van der Waals surface area contributed by atoms with Gasteiger partial charge in [0.2, 0.25) is 0 Å². The number of aliphatic imine (C=N–C) groups is 1. The topological polar surface area (TPSA) is 24.4 Å². The molecule has 0 saturated carbocycles. The molecule has 1 N–H and O–H groups in total. The SMILES string of the molecule is C=Nc1c(CC)cc(Cc2cc(CC)c(NC)c(CC)c2)cc1CC. The molecule has 0 aliphatic rings. The van der Waals surface area contributed by atoms with Gasteiger partial charge in [0, 0.05) is 12.7 Å². The maximum absolute atomic E-state index is 4.28. The van der Waals surface area contributed by atoms with Crippen LogP contribution in [0.25, 0.3) is 0 Å². The van der Waals surface area contributed by atoms with Crippen molar-refractivity contribution >= 4 is 18.1 Å². The molecule has 2 heteroatoms. The summed E-state index contributed by atoms with van der Waals surface area (Å²) in [4.78, 5) is 4.28. The average Bonchev–Trinajstić information content (AvgIpc) is 2.65. The summed E-state index contributed by atoms with van der Waals surface area (Å²) in [5, 5.41) is 3.39. The lowest BCUT2D eigenvalue weighted by Crippen LogP contribution is -2.03. The number of benzene rings is 2.